The van der Waals surface area contributed by atoms with Gasteiger partial charge < -0.3 is 9.64 Å². The van der Waals surface area contributed by atoms with Gasteiger partial charge in [0.25, 0.3) is 5.19 Å². The SMILES string of the molecule is C=C/C=C(\C=C/C)c1cn2nc(OC(C)C3CCN(c4ncc(CC)cn4)CC3)sc2n1. The maximum atomic E-state index is 6.22. The number of hydrogen-bond acceptors (Lipinski definition) is 7. The maximum Gasteiger partial charge on any atom is 0.294 e. The molecule has 0 amide bonds. The molecule has 32 heavy (non-hydrogen) atoms. The second-order valence-corrected chi connectivity index (χ2v) is 8.89. The molecule has 4 heterocycles. The van der Waals surface area contributed by atoms with Crippen molar-refractivity contribution in [3.8, 4) is 5.19 Å². The van der Waals surface area contributed by atoms with E-state index in [2.05, 4.69) is 40.4 Å². The normalized spacial score (nSPS) is 16.7. The molecule has 7 nitrogen and oxygen atoms in total. The monoisotopic (exact) mass is 450 g/mol. The number of nitrogens with zero attached hydrogens (tertiary/aromatic N) is 6. The van der Waals surface area contributed by atoms with E-state index < -0.39 is 0 Å². The molecule has 0 radical (unpaired) electrons. The average Bonchev–Trinajstić information content (AvgIpc) is 3.38. The summed E-state index contributed by atoms with van der Waals surface area (Å²) in [6.45, 7) is 11.9. The molecule has 1 aliphatic rings. The lowest BCUT2D eigenvalue weighted by Gasteiger charge is -2.34. The Morgan fingerprint density at radius 3 is 2.69 bits per heavy atom. The number of rotatable bonds is 8. The Bertz CT molecular complexity index is 1070. The van der Waals surface area contributed by atoms with Crippen molar-refractivity contribution >= 4 is 27.8 Å². The Hall–Kier alpha value is -3.00. The van der Waals surface area contributed by atoms with Crippen LogP contribution in [0.5, 0.6) is 5.19 Å². The molecule has 3 aromatic heterocycles. The minimum Gasteiger partial charge on any atom is -0.466 e. The van der Waals surface area contributed by atoms with Gasteiger partial charge in [-0.2, -0.15) is 0 Å². The number of piperidine rings is 1. The predicted molar refractivity (Wildman–Crippen MR) is 130 cm³/mol. The van der Waals surface area contributed by atoms with Crippen molar-refractivity contribution in [3.63, 3.8) is 0 Å². The molecule has 1 atom stereocenters. The van der Waals surface area contributed by atoms with E-state index in [1.807, 2.05) is 43.7 Å². The van der Waals surface area contributed by atoms with E-state index in [0.717, 1.165) is 54.5 Å². The van der Waals surface area contributed by atoms with Gasteiger partial charge in [-0.05, 0) is 55.9 Å². The van der Waals surface area contributed by atoms with Gasteiger partial charge in [-0.25, -0.2) is 19.5 Å². The zero-order valence-corrected chi connectivity index (χ0v) is 19.8. The van der Waals surface area contributed by atoms with Gasteiger partial charge in [0.1, 0.15) is 6.10 Å². The summed E-state index contributed by atoms with van der Waals surface area (Å²) in [5.74, 6) is 1.30. The molecule has 0 spiro atoms. The fourth-order valence-corrected chi connectivity index (χ4v) is 4.74. The molecular weight excluding hydrogens is 420 g/mol. The number of aromatic nitrogens is 5. The van der Waals surface area contributed by atoms with E-state index >= 15 is 0 Å². The van der Waals surface area contributed by atoms with Crippen LogP contribution in [0.3, 0.4) is 0 Å². The van der Waals surface area contributed by atoms with Crippen LogP contribution < -0.4 is 9.64 Å². The van der Waals surface area contributed by atoms with Crippen molar-refractivity contribution in [2.45, 2.75) is 46.1 Å². The van der Waals surface area contributed by atoms with Crippen LogP contribution >= 0.6 is 11.3 Å². The van der Waals surface area contributed by atoms with Crippen molar-refractivity contribution in [1.29, 1.82) is 0 Å². The molecule has 1 unspecified atom stereocenters. The van der Waals surface area contributed by atoms with Crippen molar-refractivity contribution in [3.05, 3.63) is 60.7 Å². The molecule has 0 N–H and O–H groups in total. The summed E-state index contributed by atoms with van der Waals surface area (Å²) >= 11 is 1.48. The van der Waals surface area contributed by atoms with Crippen LogP contribution in [-0.2, 0) is 6.42 Å². The van der Waals surface area contributed by atoms with Crippen LogP contribution in [0.15, 0.2) is 49.5 Å². The number of allylic oxidation sites excluding steroid dienone is 5. The Balaban J connectivity index is 1.35. The molecule has 4 rings (SSSR count). The second kappa shape index (κ2) is 10.1. The molecule has 8 heteroatoms. The highest BCUT2D eigenvalue weighted by Crippen LogP contribution is 2.29. The molecule has 0 saturated carbocycles. The average molecular weight is 451 g/mol. The quantitative estimate of drug-likeness (QED) is 0.451. The summed E-state index contributed by atoms with van der Waals surface area (Å²) in [4.78, 5) is 16.8. The van der Waals surface area contributed by atoms with Gasteiger partial charge in [0.15, 0.2) is 0 Å². The van der Waals surface area contributed by atoms with Crippen LogP contribution in [0, 0.1) is 5.92 Å². The number of fused-ring (bicyclic) bond motifs is 1. The highest BCUT2D eigenvalue weighted by Gasteiger charge is 2.27. The van der Waals surface area contributed by atoms with Crippen molar-refractivity contribution in [2.75, 3.05) is 18.0 Å². The highest BCUT2D eigenvalue weighted by atomic mass is 32.1. The lowest BCUT2D eigenvalue weighted by Crippen LogP contribution is -2.39. The first-order valence-electron chi connectivity index (χ1n) is 11.2. The molecule has 1 saturated heterocycles. The van der Waals surface area contributed by atoms with E-state index in [1.165, 1.54) is 16.9 Å². The molecule has 0 aromatic carbocycles. The Morgan fingerprint density at radius 2 is 2.06 bits per heavy atom. The molecule has 0 bridgehead atoms. The molecule has 168 valence electrons. The molecular formula is C24H30N6OS. The van der Waals surface area contributed by atoms with Crippen LogP contribution in [0.25, 0.3) is 10.5 Å². The van der Waals surface area contributed by atoms with Crippen LogP contribution in [0.2, 0.25) is 0 Å². The summed E-state index contributed by atoms with van der Waals surface area (Å²) in [6, 6.07) is 0. The number of ether oxygens (including phenoxy) is 1. The van der Waals surface area contributed by atoms with E-state index in [-0.39, 0.29) is 6.10 Å². The summed E-state index contributed by atoms with van der Waals surface area (Å²) in [7, 11) is 0. The van der Waals surface area contributed by atoms with Crippen molar-refractivity contribution in [1.82, 2.24) is 24.6 Å². The van der Waals surface area contributed by atoms with Gasteiger partial charge in [0.2, 0.25) is 10.9 Å². The number of imidazole rings is 1. The lowest BCUT2D eigenvalue weighted by atomic mass is 9.92. The van der Waals surface area contributed by atoms with Crippen molar-refractivity contribution in [2.24, 2.45) is 5.92 Å². The van der Waals surface area contributed by atoms with Crippen LogP contribution in [-0.4, -0.2) is 43.8 Å². The summed E-state index contributed by atoms with van der Waals surface area (Å²) in [5, 5.41) is 5.25. The minimum atomic E-state index is 0.0927. The fourth-order valence-electron chi connectivity index (χ4n) is 3.92. The molecule has 1 fully saturated rings. The number of anilines is 1. The fraction of sp³-hybridized carbons (Fsp3) is 0.417. The van der Waals surface area contributed by atoms with E-state index in [1.54, 1.807) is 10.6 Å². The zero-order valence-electron chi connectivity index (χ0n) is 18.9. The van der Waals surface area contributed by atoms with Gasteiger partial charge in [-0.1, -0.05) is 37.8 Å². The third-order valence-corrected chi connectivity index (χ3v) is 6.65. The Morgan fingerprint density at radius 1 is 1.31 bits per heavy atom. The third-order valence-electron chi connectivity index (χ3n) is 5.84. The largest absolute Gasteiger partial charge is 0.466 e. The van der Waals surface area contributed by atoms with E-state index in [0.29, 0.717) is 11.1 Å². The summed E-state index contributed by atoms with van der Waals surface area (Å²) in [5.41, 5.74) is 3.06. The highest BCUT2D eigenvalue weighted by molar-refractivity contribution is 7.18. The first-order chi connectivity index (χ1) is 15.6. The minimum absolute atomic E-state index is 0.0927. The summed E-state index contributed by atoms with van der Waals surface area (Å²) < 4.78 is 8.01. The van der Waals surface area contributed by atoms with Gasteiger partial charge in [0.05, 0.1) is 11.9 Å². The Kier molecular flexibility index (Phi) is 6.99. The second-order valence-electron chi connectivity index (χ2n) is 7.97. The van der Waals surface area contributed by atoms with E-state index in [4.69, 9.17) is 9.72 Å². The summed E-state index contributed by atoms with van der Waals surface area (Å²) in [6.07, 6.45) is 16.7. The number of hydrogen-bond donors (Lipinski definition) is 0. The van der Waals surface area contributed by atoms with E-state index in [9.17, 15) is 0 Å². The van der Waals surface area contributed by atoms with Crippen LogP contribution in [0.1, 0.15) is 44.9 Å². The standard InChI is InChI=1S/C24H30N6OS/c1-5-8-20(9-6-2)21-16-30-23(27-21)32-24(28-30)31-17(4)19-10-12-29(13-11-19)22-25-14-18(7-3)15-26-22/h5-6,8-9,14-17,19H,1,7,10-13H2,2-4H3/b9-6-,20-8+. The predicted octanol–water partition coefficient (Wildman–Crippen LogP) is 4.97. The smallest absolute Gasteiger partial charge is 0.294 e. The zero-order chi connectivity index (χ0) is 22.5. The molecule has 0 aliphatic carbocycles. The van der Waals surface area contributed by atoms with Crippen LogP contribution in [0.4, 0.5) is 5.95 Å². The Labute approximate surface area is 193 Å². The van der Waals surface area contributed by atoms with Gasteiger partial charge in [-0.15, -0.1) is 5.10 Å². The topological polar surface area (TPSA) is 68.4 Å². The lowest BCUT2D eigenvalue weighted by molar-refractivity contribution is 0.131. The third kappa shape index (κ3) is 4.91. The first kappa shape index (κ1) is 22.2. The molecule has 3 aromatic rings. The maximum absolute atomic E-state index is 6.22. The first-order valence-corrected chi connectivity index (χ1v) is 12.0. The van der Waals surface area contributed by atoms with Gasteiger partial charge in [0, 0.05) is 31.1 Å². The van der Waals surface area contributed by atoms with Gasteiger partial charge >= 0.3 is 0 Å². The van der Waals surface area contributed by atoms with Crippen molar-refractivity contribution < 1.29 is 4.74 Å². The van der Waals surface area contributed by atoms with Gasteiger partial charge in [-0.3, -0.25) is 0 Å². The molecule has 1 aliphatic heterocycles. The number of aryl methyl sites for hydroxylation is 1.